The van der Waals surface area contributed by atoms with Gasteiger partial charge >= 0.3 is 0 Å². The van der Waals surface area contributed by atoms with E-state index in [0.29, 0.717) is 27.4 Å². The van der Waals surface area contributed by atoms with Crippen LogP contribution in [-0.4, -0.2) is 53.2 Å². The van der Waals surface area contributed by atoms with Gasteiger partial charge in [-0.25, -0.2) is 4.90 Å². The summed E-state index contributed by atoms with van der Waals surface area (Å²) in [5.74, 6) is -6.46. The normalized spacial score (nSPS) is 28.9. The molecule has 4 aliphatic rings. The molecule has 0 bridgehead atoms. The van der Waals surface area contributed by atoms with Crippen LogP contribution in [0.25, 0.3) is 0 Å². The van der Waals surface area contributed by atoms with Gasteiger partial charge in [-0.3, -0.25) is 24.4 Å². The van der Waals surface area contributed by atoms with Crippen molar-refractivity contribution in [1.82, 2.24) is 5.06 Å². The Hall–Kier alpha value is -4.67. The highest BCUT2D eigenvalue weighted by Crippen LogP contribution is 2.66. The summed E-state index contributed by atoms with van der Waals surface area (Å²) >= 11 is 6.33. The van der Waals surface area contributed by atoms with Crippen LogP contribution in [0.3, 0.4) is 0 Å². The van der Waals surface area contributed by atoms with E-state index in [1.807, 2.05) is 12.1 Å². The molecule has 2 aliphatic heterocycles. The fraction of sp³-hybridized carbons (Fsp3) is 0.294. The molecule has 45 heavy (non-hydrogen) atoms. The summed E-state index contributed by atoms with van der Waals surface area (Å²) in [4.78, 5) is 57.4. The number of phenolic OH excluding ortho intramolecular Hbond substituents is 1. The first kappa shape index (κ1) is 29.1. The second-order valence-corrected chi connectivity index (χ2v) is 12.3. The van der Waals surface area contributed by atoms with Crippen LogP contribution in [0.5, 0.6) is 17.2 Å². The lowest BCUT2D eigenvalue weighted by molar-refractivity contribution is -0.173. The summed E-state index contributed by atoms with van der Waals surface area (Å²) in [5, 5.41) is 21.5. The monoisotopic (exact) mass is 628 g/mol. The predicted octanol–water partition coefficient (Wildman–Crippen LogP) is 4.61. The average molecular weight is 629 g/mol. The molecule has 10 nitrogen and oxygen atoms in total. The summed E-state index contributed by atoms with van der Waals surface area (Å²) in [7, 11) is 2.86. The number of amides is 4. The third-order valence-corrected chi connectivity index (χ3v) is 10.2. The summed E-state index contributed by atoms with van der Waals surface area (Å²) < 4.78 is 11.6. The number of fused-ring (bicyclic) bond motifs is 4. The molecule has 3 aromatic carbocycles. The van der Waals surface area contributed by atoms with Crippen LogP contribution in [0.4, 0.5) is 5.69 Å². The van der Waals surface area contributed by atoms with Crippen LogP contribution in [0.2, 0.25) is 5.02 Å². The summed E-state index contributed by atoms with van der Waals surface area (Å²) in [6.07, 6.45) is 2.07. The molecule has 2 heterocycles. The standard InChI is InChI=1S/C34H29ClN2O8/c1-44-25-14-20(38)15-26(45-2)28(25)29-21-11-12-22-27(32(41)37(43)30(22)39)23(21)16-24-31(40)36(19-10-6-9-18(35)13-19)33(42)34(24,29)17-7-4-3-5-8-17/h3-11,13-15,22-24,27,29,38,43H,12,16H2,1-2H3. The number of hydroxylamine groups is 2. The maximum absolute atomic E-state index is 15.2. The molecule has 0 aromatic heterocycles. The van der Waals surface area contributed by atoms with E-state index in [1.165, 1.54) is 26.4 Å². The average Bonchev–Trinajstić information content (AvgIpc) is 3.41. The molecular weight excluding hydrogens is 600 g/mol. The van der Waals surface area contributed by atoms with Gasteiger partial charge in [-0.2, -0.15) is 5.06 Å². The molecule has 0 radical (unpaired) electrons. The minimum absolute atomic E-state index is 0.0651. The van der Waals surface area contributed by atoms with E-state index >= 15 is 4.79 Å². The fourth-order valence-electron chi connectivity index (χ4n) is 8.25. The van der Waals surface area contributed by atoms with E-state index in [4.69, 9.17) is 21.1 Å². The first-order valence-electron chi connectivity index (χ1n) is 14.6. The summed E-state index contributed by atoms with van der Waals surface area (Å²) in [5.41, 5.74) is 0.378. The largest absolute Gasteiger partial charge is 0.508 e. The SMILES string of the molecule is COc1cc(O)cc(OC)c1C1C2=CCC3C(=O)N(O)C(=O)C3C2CC2C(=O)N(c3cccc(Cl)c3)C(=O)C21c1ccccc1. The first-order chi connectivity index (χ1) is 21.6. The number of ether oxygens (including phenoxy) is 2. The highest BCUT2D eigenvalue weighted by molar-refractivity contribution is 6.32. The lowest BCUT2D eigenvalue weighted by Crippen LogP contribution is -2.53. The second kappa shape index (κ2) is 10.5. The molecule has 11 heteroatoms. The minimum atomic E-state index is -1.56. The molecule has 3 fully saturated rings. The molecule has 3 aromatic rings. The Morgan fingerprint density at radius 2 is 1.56 bits per heavy atom. The second-order valence-electron chi connectivity index (χ2n) is 11.8. The number of aromatic hydroxyl groups is 1. The van der Waals surface area contributed by atoms with Crippen LogP contribution in [0.1, 0.15) is 29.9 Å². The molecule has 4 amide bonds. The Morgan fingerprint density at radius 3 is 2.20 bits per heavy atom. The van der Waals surface area contributed by atoms with Crippen LogP contribution in [0, 0.1) is 23.7 Å². The van der Waals surface area contributed by atoms with Crippen LogP contribution in [0.15, 0.2) is 78.4 Å². The Bertz CT molecular complexity index is 1780. The number of benzene rings is 3. The number of methoxy groups -OCH3 is 2. The maximum Gasteiger partial charge on any atom is 0.257 e. The zero-order valence-electron chi connectivity index (χ0n) is 24.3. The number of rotatable bonds is 5. The number of halogens is 1. The van der Waals surface area contributed by atoms with Gasteiger partial charge in [0.25, 0.3) is 11.8 Å². The van der Waals surface area contributed by atoms with Gasteiger partial charge in [0.1, 0.15) is 17.2 Å². The van der Waals surface area contributed by atoms with E-state index in [1.54, 1.807) is 48.5 Å². The van der Waals surface area contributed by atoms with Gasteiger partial charge < -0.3 is 14.6 Å². The van der Waals surface area contributed by atoms with Gasteiger partial charge in [0, 0.05) is 28.6 Å². The van der Waals surface area contributed by atoms with Crippen molar-refractivity contribution in [2.45, 2.75) is 24.2 Å². The van der Waals surface area contributed by atoms with Crippen molar-refractivity contribution in [3.8, 4) is 17.2 Å². The zero-order valence-corrected chi connectivity index (χ0v) is 25.1. The van der Waals surface area contributed by atoms with Crippen molar-refractivity contribution in [3.05, 3.63) is 94.5 Å². The van der Waals surface area contributed by atoms with Gasteiger partial charge in [-0.15, -0.1) is 0 Å². The fourth-order valence-corrected chi connectivity index (χ4v) is 8.44. The van der Waals surface area contributed by atoms with Crippen LogP contribution < -0.4 is 14.4 Å². The Labute approximate surface area is 263 Å². The number of imide groups is 2. The molecule has 7 rings (SSSR count). The predicted molar refractivity (Wildman–Crippen MR) is 161 cm³/mol. The number of hydrogen-bond acceptors (Lipinski definition) is 8. The van der Waals surface area contributed by atoms with Gasteiger partial charge in [0.05, 0.1) is 43.1 Å². The minimum Gasteiger partial charge on any atom is -0.508 e. The molecule has 230 valence electrons. The van der Waals surface area contributed by atoms with Gasteiger partial charge in [-0.05, 0) is 42.5 Å². The molecule has 6 unspecified atom stereocenters. The lowest BCUT2D eigenvalue weighted by Gasteiger charge is -2.51. The number of phenols is 1. The quantitative estimate of drug-likeness (QED) is 0.238. The van der Waals surface area contributed by atoms with E-state index in [-0.39, 0.29) is 35.2 Å². The Balaban J connectivity index is 1.57. The maximum atomic E-state index is 15.2. The molecular formula is C34H29ClN2O8. The van der Waals surface area contributed by atoms with E-state index in [2.05, 4.69) is 0 Å². The Morgan fingerprint density at radius 1 is 0.867 bits per heavy atom. The third-order valence-electron chi connectivity index (χ3n) is 9.96. The number of allylic oxidation sites excluding steroid dienone is 2. The molecule has 2 saturated heterocycles. The molecule has 1 saturated carbocycles. The smallest absolute Gasteiger partial charge is 0.257 e. The first-order valence-corrected chi connectivity index (χ1v) is 14.9. The molecule has 0 spiro atoms. The van der Waals surface area contributed by atoms with E-state index in [0.717, 1.165) is 4.90 Å². The number of anilines is 1. The summed E-state index contributed by atoms with van der Waals surface area (Å²) in [6, 6.07) is 18.3. The molecule has 6 atom stereocenters. The van der Waals surface area contributed by atoms with E-state index < -0.39 is 58.6 Å². The highest BCUT2D eigenvalue weighted by atomic mass is 35.5. The zero-order chi connectivity index (χ0) is 31.8. The van der Waals surface area contributed by atoms with Crippen molar-refractivity contribution < 1.29 is 39.0 Å². The van der Waals surface area contributed by atoms with Crippen molar-refractivity contribution in [2.75, 3.05) is 19.1 Å². The van der Waals surface area contributed by atoms with Crippen LogP contribution in [-0.2, 0) is 24.6 Å². The lowest BCUT2D eigenvalue weighted by atomic mass is 9.49. The molecule has 2 N–H and O–H groups in total. The Kier molecular flexibility index (Phi) is 6.75. The van der Waals surface area contributed by atoms with E-state index in [9.17, 15) is 24.7 Å². The van der Waals surface area contributed by atoms with Gasteiger partial charge in [0.15, 0.2) is 0 Å². The number of hydrogen-bond donors (Lipinski definition) is 2. The highest BCUT2D eigenvalue weighted by Gasteiger charge is 2.71. The third kappa shape index (κ3) is 3.91. The van der Waals surface area contributed by atoms with Crippen molar-refractivity contribution in [2.24, 2.45) is 23.7 Å². The molecule has 2 aliphatic carbocycles. The summed E-state index contributed by atoms with van der Waals surface area (Å²) in [6.45, 7) is 0. The van der Waals surface area contributed by atoms with Crippen LogP contribution >= 0.6 is 11.6 Å². The van der Waals surface area contributed by atoms with Gasteiger partial charge in [-0.1, -0.05) is 59.6 Å². The number of nitrogens with zero attached hydrogens (tertiary/aromatic N) is 2. The van der Waals surface area contributed by atoms with Crippen molar-refractivity contribution >= 4 is 40.9 Å². The van der Waals surface area contributed by atoms with Crippen molar-refractivity contribution in [1.29, 1.82) is 0 Å². The topological polar surface area (TPSA) is 134 Å². The van der Waals surface area contributed by atoms with Crippen molar-refractivity contribution in [3.63, 3.8) is 0 Å². The number of carbonyl (C=O) groups is 4. The number of carbonyl (C=O) groups excluding carboxylic acids is 4. The van der Waals surface area contributed by atoms with Gasteiger partial charge in [0.2, 0.25) is 11.8 Å².